The van der Waals surface area contributed by atoms with E-state index < -0.39 is 0 Å². The molecule has 1 amide bonds. The van der Waals surface area contributed by atoms with Crippen molar-refractivity contribution in [3.05, 3.63) is 60.2 Å². The van der Waals surface area contributed by atoms with Crippen molar-refractivity contribution in [1.82, 2.24) is 25.0 Å². The molecule has 1 saturated carbocycles. The van der Waals surface area contributed by atoms with E-state index in [4.69, 9.17) is 14.3 Å². The summed E-state index contributed by atoms with van der Waals surface area (Å²) in [7, 11) is 0. The normalized spacial score (nSPS) is 18.0. The minimum atomic E-state index is -0.284. The number of amides is 1. The van der Waals surface area contributed by atoms with Crippen molar-refractivity contribution in [3.63, 3.8) is 0 Å². The van der Waals surface area contributed by atoms with Gasteiger partial charge >= 0.3 is 0 Å². The molecule has 1 aliphatic carbocycles. The molecule has 5 aromatic rings. The van der Waals surface area contributed by atoms with Crippen molar-refractivity contribution in [2.75, 3.05) is 11.9 Å². The predicted octanol–water partition coefficient (Wildman–Crippen LogP) is 5.92. The number of thiazole rings is 1. The number of carbonyl (C=O) groups excluding carboxylic acids is 1. The lowest BCUT2D eigenvalue weighted by molar-refractivity contribution is 0.0260. The average Bonchev–Trinajstić information content (AvgIpc) is 3.70. The van der Waals surface area contributed by atoms with Crippen LogP contribution in [-0.2, 0) is 4.74 Å². The maximum atomic E-state index is 13.2. The van der Waals surface area contributed by atoms with E-state index in [-0.39, 0.29) is 11.9 Å². The Balaban J connectivity index is 1.32. The van der Waals surface area contributed by atoms with E-state index in [1.165, 1.54) is 11.3 Å². The van der Waals surface area contributed by atoms with Crippen LogP contribution in [0.3, 0.4) is 0 Å². The zero-order valence-corrected chi connectivity index (χ0v) is 20.6. The molecule has 6 rings (SSSR count). The highest BCUT2D eigenvalue weighted by Gasteiger charge is 2.26. The Morgan fingerprint density at radius 3 is 2.97 bits per heavy atom. The van der Waals surface area contributed by atoms with Crippen LogP contribution in [0.25, 0.3) is 32.8 Å². The largest absolute Gasteiger partial charge is 0.464 e. The number of furan rings is 1. The van der Waals surface area contributed by atoms with Crippen LogP contribution < -0.4 is 5.32 Å². The number of anilines is 1. The molecule has 10 heteroatoms. The summed E-state index contributed by atoms with van der Waals surface area (Å²) in [6, 6.07) is 8.12. The molecule has 0 unspecified atom stereocenters. The smallest absolute Gasteiger partial charge is 0.275 e. The second kappa shape index (κ2) is 9.71. The number of fused-ring (bicyclic) bond motifs is 1. The Hall–Kier alpha value is -3.76. The SMILES string of the molecule is CCOC1CCC(n2cc(NC(=O)c3csc(-c4cn[nH]c4)n3)c(-c3cccc4ccoc34)n2)CC1. The molecule has 0 aliphatic heterocycles. The number of para-hydroxylation sites is 1. The van der Waals surface area contributed by atoms with Gasteiger partial charge in [0.05, 0.1) is 30.3 Å². The van der Waals surface area contributed by atoms with Crippen molar-refractivity contribution in [1.29, 1.82) is 0 Å². The van der Waals surface area contributed by atoms with Gasteiger partial charge in [0.25, 0.3) is 5.91 Å². The first kappa shape index (κ1) is 22.7. The van der Waals surface area contributed by atoms with Crippen LogP contribution in [-0.4, -0.2) is 43.6 Å². The van der Waals surface area contributed by atoms with Crippen LogP contribution >= 0.6 is 11.3 Å². The van der Waals surface area contributed by atoms with Crippen molar-refractivity contribution >= 4 is 33.9 Å². The van der Waals surface area contributed by atoms with Crippen LogP contribution in [0.4, 0.5) is 5.69 Å². The Bertz CT molecular complexity index is 1480. The first-order valence-electron chi connectivity index (χ1n) is 12.1. The monoisotopic (exact) mass is 502 g/mol. The summed E-state index contributed by atoms with van der Waals surface area (Å²) < 4.78 is 13.6. The standard InChI is InChI=1S/C26H26N6O3S/c1-2-34-19-8-6-18(7-9-19)32-14-21(23(31-32)20-5-3-4-16-10-11-35-24(16)20)29-25(33)22-15-36-26(30-22)17-12-27-28-13-17/h3-5,10-15,18-19H,2,6-9H2,1H3,(H,27,28)(H,29,33). The molecule has 4 aromatic heterocycles. The number of hydrogen-bond acceptors (Lipinski definition) is 7. The zero-order valence-electron chi connectivity index (χ0n) is 19.8. The molecule has 0 atom stereocenters. The van der Waals surface area contributed by atoms with Gasteiger partial charge in [0.2, 0.25) is 0 Å². The number of nitrogens with zero attached hydrogens (tertiary/aromatic N) is 4. The molecule has 1 aliphatic rings. The molecule has 2 N–H and O–H groups in total. The van der Waals surface area contributed by atoms with Gasteiger partial charge in [-0.25, -0.2) is 4.98 Å². The Morgan fingerprint density at radius 1 is 1.28 bits per heavy atom. The molecule has 0 bridgehead atoms. The number of aromatic amines is 1. The molecule has 184 valence electrons. The zero-order chi connectivity index (χ0) is 24.5. The average molecular weight is 503 g/mol. The van der Waals surface area contributed by atoms with E-state index in [9.17, 15) is 4.79 Å². The topological polar surface area (TPSA) is 111 Å². The minimum absolute atomic E-state index is 0.244. The Labute approximate surface area is 211 Å². The van der Waals surface area contributed by atoms with E-state index in [1.54, 1.807) is 24.0 Å². The highest BCUT2D eigenvalue weighted by molar-refractivity contribution is 7.13. The van der Waals surface area contributed by atoms with Gasteiger partial charge in [0.1, 0.15) is 22.0 Å². The number of ether oxygens (including phenoxy) is 1. The molecule has 0 spiro atoms. The highest BCUT2D eigenvalue weighted by Crippen LogP contribution is 2.37. The number of benzene rings is 1. The Kier molecular flexibility index (Phi) is 6.12. The van der Waals surface area contributed by atoms with Gasteiger partial charge < -0.3 is 14.5 Å². The third kappa shape index (κ3) is 4.33. The van der Waals surface area contributed by atoms with Gasteiger partial charge in [-0.2, -0.15) is 10.2 Å². The molecule has 0 saturated heterocycles. The molecular formula is C26H26N6O3S. The fraction of sp³-hybridized carbons (Fsp3) is 0.308. The summed E-state index contributed by atoms with van der Waals surface area (Å²) in [5, 5.41) is 18.2. The summed E-state index contributed by atoms with van der Waals surface area (Å²) in [5.74, 6) is -0.284. The maximum Gasteiger partial charge on any atom is 0.275 e. The first-order chi connectivity index (χ1) is 17.7. The molecular weight excluding hydrogens is 476 g/mol. The van der Waals surface area contributed by atoms with E-state index in [0.29, 0.717) is 23.2 Å². The van der Waals surface area contributed by atoms with Crippen molar-refractivity contribution in [3.8, 4) is 21.8 Å². The molecule has 4 heterocycles. The van der Waals surface area contributed by atoms with Gasteiger partial charge in [-0.15, -0.1) is 11.3 Å². The lowest BCUT2D eigenvalue weighted by Crippen LogP contribution is -2.24. The fourth-order valence-electron chi connectivity index (χ4n) is 4.83. The summed E-state index contributed by atoms with van der Waals surface area (Å²) in [6.45, 7) is 2.78. The number of carbonyl (C=O) groups is 1. The van der Waals surface area contributed by atoms with Crippen LogP contribution in [0.15, 0.2) is 58.9 Å². The summed E-state index contributed by atoms with van der Waals surface area (Å²) >= 11 is 1.40. The summed E-state index contributed by atoms with van der Waals surface area (Å²) in [5.41, 5.74) is 4.10. The van der Waals surface area contributed by atoms with E-state index >= 15 is 0 Å². The maximum absolute atomic E-state index is 13.2. The highest BCUT2D eigenvalue weighted by atomic mass is 32.1. The minimum Gasteiger partial charge on any atom is -0.464 e. The lowest BCUT2D eigenvalue weighted by Gasteiger charge is -2.28. The van der Waals surface area contributed by atoms with Gasteiger partial charge in [-0.3, -0.25) is 14.6 Å². The Morgan fingerprint density at radius 2 is 2.17 bits per heavy atom. The second-order valence-corrected chi connectivity index (χ2v) is 9.74. The number of H-pyrrole nitrogens is 1. The lowest BCUT2D eigenvalue weighted by atomic mass is 9.93. The number of rotatable bonds is 7. The van der Waals surface area contributed by atoms with Gasteiger partial charge in [0, 0.05) is 40.9 Å². The van der Waals surface area contributed by atoms with Crippen LogP contribution in [0, 0.1) is 0 Å². The first-order valence-corrected chi connectivity index (χ1v) is 13.0. The molecule has 0 radical (unpaired) electrons. The predicted molar refractivity (Wildman–Crippen MR) is 138 cm³/mol. The van der Waals surface area contributed by atoms with Crippen LogP contribution in [0.2, 0.25) is 0 Å². The van der Waals surface area contributed by atoms with Gasteiger partial charge in [-0.1, -0.05) is 12.1 Å². The second-order valence-electron chi connectivity index (χ2n) is 8.88. The molecule has 36 heavy (non-hydrogen) atoms. The van der Waals surface area contributed by atoms with E-state index in [0.717, 1.165) is 59.4 Å². The van der Waals surface area contributed by atoms with Gasteiger partial charge in [0.15, 0.2) is 0 Å². The van der Waals surface area contributed by atoms with E-state index in [2.05, 4.69) is 20.5 Å². The molecule has 9 nitrogen and oxygen atoms in total. The number of hydrogen-bond donors (Lipinski definition) is 2. The third-order valence-corrected chi connectivity index (χ3v) is 7.51. The van der Waals surface area contributed by atoms with E-state index in [1.807, 2.05) is 42.1 Å². The van der Waals surface area contributed by atoms with Crippen molar-refractivity contribution in [2.45, 2.75) is 44.8 Å². The van der Waals surface area contributed by atoms with Gasteiger partial charge in [-0.05, 0) is 44.7 Å². The fourth-order valence-corrected chi connectivity index (χ4v) is 5.61. The number of aromatic nitrogens is 5. The van der Waals surface area contributed by atoms with Crippen molar-refractivity contribution < 1.29 is 13.9 Å². The molecule has 1 aromatic carbocycles. The van der Waals surface area contributed by atoms with Crippen LogP contribution in [0.5, 0.6) is 0 Å². The number of nitrogens with one attached hydrogen (secondary N) is 2. The summed E-state index contributed by atoms with van der Waals surface area (Å²) in [4.78, 5) is 17.7. The quantitative estimate of drug-likeness (QED) is 0.286. The summed E-state index contributed by atoms with van der Waals surface area (Å²) in [6.07, 6.45) is 11.3. The molecule has 1 fully saturated rings. The van der Waals surface area contributed by atoms with Crippen LogP contribution in [0.1, 0.15) is 49.1 Å². The van der Waals surface area contributed by atoms with Crippen molar-refractivity contribution in [2.24, 2.45) is 0 Å². The third-order valence-electron chi connectivity index (χ3n) is 6.62.